The lowest BCUT2D eigenvalue weighted by atomic mass is 10.4. The molecular formula is C14H11ClN4O3S. The van der Waals surface area contributed by atoms with E-state index in [1.165, 1.54) is 22.7 Å². The highest BCUT2D eigenvalue weighted by Gasteiger charge is 2.21. The first-order valence-corrected chi connectivity index (χ1v) is 8.37. The van der Waals surface area contributed by atoms with Crippen LogP contribution >= 0.6 is 11.6 Å². The van der Waals surface area contributed by atoms with Gasteiger partial charge in [-0.05, 0) is 19.1 Å². The van der Waals surface area contributed by atoms with Crippen molar-refractivity contribution in [1.82, 2.24) is 19.1 Å². The molecule has 0 bridgehead atoms. The number of sulfonamides is 1. The van der Waals surface area contributed by atoms with Crippen molar-refractivity contribution in [3.8, 4) is 0 Å². The Balaban J connectivity index is 1.94. The number of benzene rings is 1. The topological polar surface area (TPSA) is 93.4 Å². The second kappa shape index (κ2) is 5.64. The number of halogens is 1. The number of fused-ring (bicyclic) bond motifs is 1. The Morgan fingerprint density at radius 2 is 1.87 bits per heavy atom. The third kappa shape index (κ3) is 3.03. The Bertz CT molecular complexity index is 1000. The molecule has 118 valence electrons. The number of nitrogens with one attached hydrogen (secondary N) is 1. The normalized spacial score (nSPS) is 11.6. The fraction of sp³-hybridized carbons (Fsp3) is 0.0714. The molecule has 2 aromatic heterocycles. The van der Waals surface area contributed by atoms with Crippen LogP contribution in [0.4, 0.5) is 0 Å². The van der Waals surface area contributed by atoms with E-state index in [2.05, 4.69) is 9.97 Å². The van der Waals surface area contributed by atoms with E-state index in [9.17, 15) is 13.2 Å². The summed E-state index contributed by atoms with van der Waals surface area (Å²) in [7, 11) is -3.96. The van der Waals surface area contributed by atoms with E-state index in [-0.39, 0.29) is 21.4 Å². The van der Waals surface area contributed by atoms with E-state index in [0.29, 0.717) is 5.69 Å². The maximum absolute atomic E-state index is 12.2. The van der Waals surface area contributed by atoms with Crippen LogP contribution in [0.15, 0.2) is 47.6 Å². The summed E-state index contributed by atoms with van der Waals surface area (Å²) in [6, 6.07) is 7.60. The van der Waals surface area contributed by atoms with Gasteiger partial charge in [-0.15, -0.1) is 0 Å². The number of hydrogen-bond acceptors (Lipinski definition) is 5. The zero-order valence-corrected chi connectivity index (χ0v) is 13.5. The van der Waals surface area contributed by atoms with Crippen LogP contribution < -0.4 is 4.72 Å². The van der Waals surface area contributed by atoms with Gasteiger partial charge in [-0.1, -0.05) is 29.8 Å². The molecule has 1 aromatic carbocycles. The predicted molar refractivity (Wildman–Crippen MR) is 83.8 cm³/mol. The summed E-state index contributed by atoms with van der Waals surface area (Å²) >= 11 is 5.96. The minimum Gasteiger partial charge on any atom is -0.302 e. The number of rotatable bonds is 3. The van der Waals surface area contributed by atoms with Gasteiger partial charge in [-0.3, -0.25) is 4.79 Å². The lowest BCUT2D eigenvalue weighted by molar-refractivity contribution is 0.0977. The molecule has 0 aliphatic heterocycles. The molecule has 23 heavy (non-hydrogen) atoms. The van der Waals surface area contributed by atoms with Gasteiger partial charge in [0.25, 0.3) is 15.9 Å². The van der Waals surface area contributed by atoms with Crippen molar-refractivity contribution in [2.24, 2.45) is 0 Å². The van der Waals surface area contributed by atoms with Crippen LogP contribution in [-0.4, -0.2) is 28.7 Å². The quantitative estimate of drug-likeness (QED) is 0.777. The van der Waals surface area contributed by atoms with Crippen LogP contribution in [-0.2, 0) is 10.0 Å². The molecule has 0 aliphatic carbocycles. The van der Waals surface area contributed by atoms with Gasteiger partial charge in [0.05, 0.1) is 10.6 Å². The maximum Gasteiger partial charge on any atom is 0.285 e. The molecule has 3 rings (SSSR count). The fourth-order valence-electron chi connectivity index (χ4n) is 2.02. The molecule has 0 spiro atoms. The first-order valence-electron chi connectivity index (χ1n) is 6.51. The highest BCUT2D eigenvalue weighted by Crippen LogP contribution is 2.16. The van der Waals surface area contributed by atoms with Crippen LogP contribution in [0.2, 0.25) is 5.15 Å². The Kier molecular flexibility index (Phi) is 3.78. The monoisotopic (exact) mass is 350 g/mol. The molecule has 7 nitrogen and oxygen atoms in total. The van der Waals surface area contributed by atoms with Crippen molar-refractivity contribution in [1.29, 1.82) is 0 Å². The molecule has 3 aromatic rings. The maximum atomic E-state index is 12.2. The fourth-order valence-corrected chi connectivity index (χ4v) is 3.28. The number of carbonyl (C=O) groups excluding carboxylic acids is 1. The van der Waals surface area contributed by atoms with E-state index >= 15 is 0 Å². The van der Waals surface area contributed by atoms with Crippen molar-refractivity contribution < 1.29 is 13.2 Å². The predicted octanol–water partition coefficient (Wildman–Crippen LogP) is 1.81. The molecule has 0 aliphatic rings. The van der Waals surface area contributed by atoms with Gasteiger partial charge in [0.1, 0.15) is 5.69 Å². The second-order valence-electron chi connectivity index (χ2n) is 4.78. The Morgan fingerprint density at radius 3 is 2.57 bits per heavy atom. The molecule has 1 amide bonds. The van der Waals surface area contributed by atoms with Crippen LogP contribution in [0.5, 0.6) is 0 Å². The molecule has 0 unspecified atom stereocenters. The van der Waals surface area contributed by atoms with Crippen LogP contribution in [0.3, 0.4) is 0 Å². The highest BCUT2D eigenvalue weighted by molar-refractivity contribution is 7.90. The van der Waals surface area contributed by atoms with Gasteiger partial charge >= 0.3 is 0 Å². The number of aromatic nitrogens is 3. The Hall–Kier alpha value is -2.45. The Morgan fingerprint density at radius 1 is 1.17 bits per heavy atom. The van der Waals surface area contributed by atoms with Crippen LogP contribution in [0.25, 0.3) is 5.65 Å². The van der Waals surface area contributed by atoms with Crippen molar-refractivity contribution in [2.45, 2.75) is 11.8 Å². The molecule has 9 heteroatoms. The third-order valence-corrected chi connectivity index (χ3v) is 4.63. The van der Waals surface area contributed by atoms with E-state index in [4.69, 9.17) is 11.6 Å². The van der Waals surface area contributed by atoms with Crippen LogP contribution in [0.1, 0.15) is 16.2 Å². The van der Waals surface area contributed by atoms with Crippen molar-refractivity contribution >= 4 is 33.2 Å². The molecule has 0 radical (unpaired) electrons. The smallest absolute Gasteiger partial charge is 0.285 e. The van der Waals surface area contributed by atoms with Crippen LogP contribution in [0, 0.1) is 6.92 Å². The molecule has 1 N–H and O–H groups in total. The standard InChI is InChI=1S/C14H11ClN4O3S/c1-9-7-19-8-11(17-13(19)12(15)16-9)14(20)18-23(21,22)10-5-3-2-4-6-10/h2-8H,1H3,(H,18,20). The summed E-state index contributed by atoms with van der Waals surface area (Å²) in [5.41, 5.74) is 0.849. The SMILES string of the molecule is Cc1cn2cc(C(=O)NS(=O)(=O)c3ccccc3)nc2c(Cl)n1. The van der Waals surface area contributed by atoms with Gasteiger partial charge in [0.15, 0.2) is 10.8 Å². The van der Waals surface area contributed by atoms with E-state index < -0.39 is 15.9 Å². The number of hydrogen-bond donors (Lipinski definition) is 1. The third-order valence-electron chi connectivity index (χ3n) is 3.03. The zero-order chi connectivity index (χ0) is 16.6. The largest absolute Gasteiger partial charge is 0.302 e. The average Bonchev–Trinajstić information content (AvgIpc) is 2.92. The minimum atomic E-state index is -3.96. The summed E-state index contributed by atoms with van der Waals surface area (Å²) in [4.78, 5) is 20.2. The summed E-state index contributed by atoms with van der Waals surface area (Å²) in [6.45, 7) is 1.74. The van der Waals surface area contributed by atoms with Gasteiger partial charge in [-0.25, -0.2) is 23.1 Å². The molecule has 0 atom stereocenters. The number of carbonyl (C=O) groups is 1. The lowest BCUT2D eigenvalue weighted by Crippen LogP contribution is -2.30. The second-order valence-corrected chi connectivity index (χ2v) is 6.82. The van der Waals surface area contributed by atoms with Crippen molar-refractivity contribution in [3.05, 3.63) is 59.3 Å². The van der Waals surface area contributed by atoms with Crippen molar-refractivity contribution in [2.75, 3.05) is 0 Å². The highest BCUT2D eigenvalue weighted by atomic mass is 35.5. The first-order chi connectivity index (χ1) is 10.9. The Labute approximate surface area is 137 Å². The molecule has 0 saturated heterocycles. The molecule has 0 saturated carbocycles. The zero-order valence-electron chi connectivity index (χ0n) is 11.9. The van der Waals surface area contributed by atoms with E-state index in [1.807, 2.05) is 4.72 Å². The molecule has 0 fully saturated rings. The van der Waals surface area contributed by atoms with E-state index in [1.54, 1.807) is 31.3 Å². The number of imidazole rings is 1. The van der Waals surface area contributed by atoms with Gasteiger partial charge in [0.2, 0.25) is 0 Å². The van der Waals surface area contributed by atoms with E-state index in [0.717, 1.165) is 0 Å². The number of amides is 1. The summed E-state index contributed by atoms with van der Waals surface area (Å²) in [6.07, 6.45) is 3.03. The van der Waals surface area contributed by atoms with Gasteiger partial charge in [-0.2, -0.15) is 0 Å². The average molecular weight is 351 g/mol. The number of nitrogens with zero attached hydrogens (tertiary/aromatic N) is 3. The summed E-state index contributed by atoms with van der Waals surface area (Å²) < 4.78 is 27.8. The van der Waals surface area contributed by atoms with Crippen molar-refractivity contribution in [3.63, 3.8) is 0 Å². The van der Waals surface area contributed by atoms with Gasteiger partial charge < -0.3 is 4.40 Å². The van der Waals surface area contributed by atoms with Gasteiger partial charge in [0, 0.05) is 12.4 Å². The molecule has 2 heterocycles. The lowest BCUT2D eigenvalue weighted by Gasteiger charge is -2.04. The summed E-state index contributed by atoms with van der Waals surface area (Å²) in [5, 5.41) is 0.134. The minimum absolute atomic E-state index is 0.00680. The number of aryl methyl sites for hydroxylation is 1. The first kappa shape index (κ1) is 15.4. The molecular weight excluding hydrogens is 340 g/mol. The summed E-state index contributed by atoms with van der Waals surface area (Å²) in [5.74, 6) is -0.841.